The van der Waals surface area contributed by atoms with Crippen LogP contribution in [0.25, 0.3) is 0 Å². The fourth-order valence-corrected chi connectivity index (χ4v) is 4.32. The minimum Gasteiger partial charge on any atom is -0.371 e. The zero-order chi connectivity index (χ0) is 12.1. The fraction of sp³-hybridized carbons (Fsp3) is 0.462. The van der Waals surface area contributed by atoms with Gasteiger partial charge in [0.15, 0.2) is 5.11 Å². The van der Waals surface area contributed by atoms with E-state index in [4.69, 9.17) is 12.2 Å². The first-order valence-electron chi connectivity index (χ1n) is 6.43. The Bertz CT molecular complexity index is 512. The molecular weight excluding hydrogens is 262 g/mol. The van der Waals surface area contributed by atoms with E-state index in [1.807, 2.05) is 0 Å². The number of nitrogens with one attached hydrogen (secondary N) is 2. The van der Waals surface area contributed by atoms with Crippen LogP contribution in [0.3, 0.4) is 0 Å². The number of thiocarbonyl (C=S) groups is 1. The maximum atomic E-state index is 5.37. The van der Waals surface area contributed by atoms with Crippen LogP contribution in [0.5, 0.6) is 0 Å². The van der Waals surface area contributed by atoms with E-state index in [0.717, 1.165) is 5.11 Å². The molecular formula is C13H15N3S2. The highest BCUT2D eigenvalue weighted by Crippen LogP contribution is 2.42. The van der Waals surface area contributed by atoms with E-state index in [1.54, 1.807) is 11.3 Å². The third-order valence-electron chi connectivity index (χ3n) is 4.14. The average Bonchev–Trinajstić information content (AvgIpc) is 2.92. The van der Waals surface area contributed by atoms with Gasteiger partial charge in [-0.05, 0) is 36.5 Å². The van der Waals surface area contributed by atoms with Gasteiger partial charge >= 0.3 is 0 Å². The van der Waals surface area contributed by atoms with Crippen molar-refractivity contribution in [2.45, 2.75) is 18.9 Å². The molecule has 1 atom stereocenters. The molecule has 5 heteroatoms. The molecule has 0 amide bonds. The Morgan fingerprint density at radius 1 is 1.33 bits per heavy atom. The molecule has 0 aromatic carbocycles. The second kappa shape index (κ2) is 3.96. The summed E-state index contributed by atoms with van der Waals surface area (Å²) in [6, 6.07) is 4.57. The van der Waals surface area contributed by atoms with E-state index in [9.17, 15) is 0 Å². The van der Waals surface area contributed by atoms with Crippen LogP contribution < -0.4 is 10.6 Å². The van der Waals surface area contributed by atoms with E-state index in [2.05, 4.69) is 33.0 Å². The summed E-state index contributed by atoms with van der Waals surface area (Å²) in [5.41, 5.74) is 2.82. The molecule has 0 aliphatic carbocycles. The lowest BCUT2D eigenvalue weighted by Gasteiger charge is -2.48. The number of thiophene rings is 1. The predicted molar refractivity (Wildman–Crippen MR) is 77.3 cm³/mol. The molecule has 1 saturated heterocycles. The zero-order valence-electron chi connectivity index (χ0n) is 9.98. The summed E-state index contributed by atoms with van der Waals surface area (Å²) in [5.74, 6) is 0.688. The Hall–Kier alpha value is -1.07. The number of allylic oxidation sites excluding steroid dienone is 1. The van der Waals surface area contributed by atoms with Gasteiger partial charge in [0.1, 0.15) is 6.04 Å². The highest BCUT2D eigenvalue weighted by molar-refractivity contribution is 7.80. The van der Waals surface area contributed by atoms with Crippen molar-refractivity contribution in [1.29, 1.82) is 0 Å². The minimum atomic E-state index is 0.261. The molecule has 2 bridgehead atoms. The van der Waals surface area contributed by atoms with E-state index >= 15 is 0 Å². The van der Waals surface area contributed by atoms with E-state index < -0.39 is 0 Å². The number of hydrogen-bond donors (Lipinski definition) is 2. The number of hydrogen-bond acceptors (Lipinski definition) is 3. The molecule has 5 rings (SSSR count). The first kappa shape index (κ1) is 10.8. The summed E-state index contributed by atoms with van der Waals surface area (Å²) in [7, 11) is 0. The van der Waals surface area contributed by atoms with Gasteiger partial charge in [-0.15, -0.1) is 11.3 Å². The van der Waals surface area contributed by atoms with Gasteiger partial charge < -0.3 is 15.5 Å². The molecule has 94 valence electrons. The van der Waals surface area contributed by atoms with Gasteiger partial charge in [0.25, 0.3) is 0 Å². The molecule has 3 nitrogen and oxygen atoms in total. The minimum absolute atomic E-state index is 0.261. The maximum Gasteiger partial charge on any atom is 0.171 e. The Morgan fingerprint density at radius 3 is 2.89 bits per heavy atom. The van der Waals surface area contributed by atoms with Crippen molar-refractivity contribution in [3.05, 3.63) is 33.8 Å². The smallest absolute Gasteiger partial charge is 0.171 e. The Balaban J connectivity index is 1.83. The van der Waals surface area contributed by atoms with Crippen LogP contribution in [-0.4, -0.2) is 23.1 Å². The van der Waals surface area contributed by atoms with Crippen LogP contribution in [0, 0.1) is 5.92 Å². The first-order valence-corrected chi connectivity index (χ1v) is 7.71. The zero-order valence-corrected chi connectivity index (χ0v) is 11.6. The number of piperidine rings is 1. The van der Waals surface area contributed by atoms with Gasteiger partial charge in [-0.2, -0.15) is 0 Å². The summed E-state index contributed by atoms with van der Waals surface area (Å²) in [6.45, 7) is 2.39. The average molecular weight is 277 g/mol. The summed E-state index contributed by atoms with van der Waals surface area (Å²) >= 11 is 7.17. The van der Waals surface area contributed by atoms with Crippen molar-refractivity contribution in [2.75, 3.05) is 13.1 Å². The first-order chi connectivity index (χ1) is 8.83. The monoisotopic (exact) mass is 277 g/mol. The van der Waals surface area contributed by atoms with Crippen LogP contribution in [0.15, 0.2) is 28.9 Å². The van der Waals surface area contributed by atoms with Gasteiger partial charge in [-0.3, -0.25) is 0 Å². The quantitative estimate of drug-likeness (QED) is 0.770. The van der Waals surface area contributed by atoms with Gasteiger partial charge in [0, 0.05) is 29.6 Å². The van der Waals surface area contributed by atoms with Gasteiger partial charge in [0.2, 0.25) is 0 Å². The van der Waals surface area contributed by atoms with Crippen molar-refractivity contribution in [3.63, 3.8) is 0 Å². The van der Waals surface area contributed by atoms with Crippen LogP contribution in [0.1, 0.15) is 23.8 Å². The SMILES string of the molecule is S=C1NC2=C(C(c3cccs3)N1)N1CCC2CC1. The summed E-state index contributed by atoms with van der Waals surface area (Å²) in [4.78, 5) is 3.89. The molecule has 1 fully saturated rings. The van der Waals surface area contributed by atoms with Crippen molar-refractivity contribution in [3.8, 4) is 0 Å². The van der Waals surface area contributed by atoms with E-state index in [-0.39, 0.29) is 6.04 Å². The molecule has 4 aliphatic heterocycles. The molecule has 4 aliphatic rings. The number of fused-ring (bicyclic) bond motifs is 2. The van der Waals surface area contributed by atoms with Crippen LogP contribution in [0.2, 0.25) is 0 Å². The summed E-state index contributed by atoms with van der Waals surface area (Å²) < 4.78 is 0. The molecule has 1 aromatic rings. The van der Waals surface area contributed by atoms with E-state index in [1.165, 1.54) is 42.2 Å². The molecule has 1 aromatic heterocycles. The molecule has 0 spiro atoms. The van der Waals surface area contributed by atoms with Gasteiger partial charge in [-0.1, -0.05) is 6.07 Å². The Morgan fingerprint density at radius 2 is 2.17 bits per heavy atom. The highest BCUT2D eigenvalue weighted by Gasteiger charge is 2.40. The Labute approximate surface area is 116 Å². The highest BCUT2D eigenvalue weighted by atomic mass is 32.1. The van der Waals surface area contributed by atoms with Gasteiger partial charge in [-0.25, -0.2) is 0 Å². The van der Waals surface area contributed by atoms with Gasteiger partial charge in [0.05, 0.1) is 5.70 Å². The largest absolute Gasteiger partial charge is 0.371 e. The second-order valence-electron chi connectivity index (χ2n) is 5.11. The standard InChI is InChI=1S/C13H15N3S2/c17-13-14-10-8-3-5-16(6-4-8)12(10)11(15-13)9-2-1-7-18-9/h1-2,7-8,11H,3-6H2,(H2,14,15,17). The molecule has 2 N–H and O–H groups in total. The molecule has 0 radical (unpaired) electrons. The number of rotatable bonds is 1. The van der Waals surface area contributed by atoms with Crippen molar-refractivity contribution >= 4 is 28.7 Å². The molecule has 1 unspecified atom stereocenters. The summed E-state index contributed by atoms with van der Waals surface area (Å²) in [5, 5.41) is 9.75. The second-order valence-corrected chi connectivity index (χ2v) is 6.49. The lowest BCUT2D eigenvalue weighted by Crippen LogP contribution is -2.54. The lowest BCUT2D eigenvalue weighted by atomic mass is 9.84. The lowest BCUT2D eigenvalue weighted by molar-refractivity contribution is 0.182. The maximum absolute atomic E-state index is 5.37. The topological polar surface area (TPSA) is 27.3 Å². The molecule has 0 saturated carbocycles. The molecule has 5 heterocycles. The third kappa shape index (κ3) is 1.50. The summed E-state index contributed by atoms with van der Waals surface area (Å²) in [6.07, 6.45) is 2.54. The van der Waals surface area contributed by atoms with Crippen molar-refractivity contribution in [1.82, 2.24) is 15.5 Å². The third-order valence-corrected chi connectivity index (χ3v) is 5.30. The normalized spacial score (nSPS) is 27.0. The molecule has 18 heavy (non-hydrogen) atoms. The van der Waals surface area contributed by atoms with Crippen LogP contribution >= 0.6 is 23.6 Å². The van der Waals surface area contributed by atoms with Crippen LogP contribution in [0.4, 0.5) is 0 Å². The fourth-order valence-electron chi connectivity index (χ4n) is 3.31. The Kier molecular flexibility index (Phi) is 2.38. The van der Waals surface area contributed by atoms with Crippen molar-refractivity contribution < 1.29 is 0 Å². The van der Waals surface area contributed by atoms with Crippen LogP contribution in [-0.2, 0) is 0 Å². The van der Waals surface area contributed by atoms with Crippen molar-refractivity contribution in [2.24, 2.45) is 5.92 Å². The van der Waals surface area contributed by atoms with E-state index in [0.29, 0.717) is 5.92 Å². The number of nitrogens with zero attached hydrogens (tertiary/aromatic N) is 1. The predicted octanol–water partition coefficient (Wildman–Crippen LogP) is 2.20.